The first-order valence-corrected chi connectivity index (χ1v) is 7.15. The van der Waals surface area contributed by atoms with Crippen LogP contribution >= 0.6 is 11.8 Å². The Morgan fingerprint density at radius 1 is 1.30 bits per heavy atom. The number of aryl methyl sites for hydroxylation is 1. The van der Waals surface area contributed by atoms with Crippen LogP contribution in [0.3, 0.4) is 0 Å². The van der Waals surface area contributed by atoms with Gasteiger partial charge in [0.2, 0.25) is 0 Å². The van der Waals surface area contributed by atoms with E-state index in [1.807, 2.05) is 12.1 Å². The Labute approximate surface area is 119 Å². The van der Waals surface area contributed by atoms with E-state index in [0.717, 1.165) is 5.52 Å². The molecule has 0 atom stereocenters. The van der Waals surface area contributed by atoms with E-state index in [1.54, 1.807) is 35.0 Å². The van der Waals surface area contributed by atoms with Crippen LogP contribution < -0.4 is 11.3 Å². The number of nitrogens with zero attached hydrogens (tertiary/aromatic N) is 2. The summed E-state index contributed by atoms with van der Waals surface area (Å²) in [5.41, 5.74) is 7.82. The highest BCUT2D eigenvalue weighted by molar-refractivity contribution is 7.99. The smallest absolute Gasteiger partial charge is 0.256 e. The standard InChI is InChI=1S/C14H13N3O2S/c15-10-4-5-11-12(9-10)19-14(16-11)20-8-7-17-6-2-1-3-13(17)18/h1-6,9H,7-8,15H2. The van der Waals surface area contributed by atoms with Gasteiger partial charge in [-0.2, -0.15) is 0 Å². The van der Waals surface area contributed by atoms with Gasteiger partial charge in [-0.15, -0.1) is 0 Å². The SMILES string of the molecule is Nc1ccc2nc(SCCn3ccccc3=O)oc2c1. The van der Waals surface area contributed by atoms with Crippen LogP contribution in [-0.4, -0.2) is 15.3 Å². The van der Waals surface area contributed by atoms with Crippen molar-refractivity contribution in [2.75, 3.05) is 11.5 Å². The molecule has 2 heterocycles. The van der Waals surface area contributed by atoms with Crippen molar-refractivity contribution in [1.29, 1.82) is 0 Å². The second-order valence-corrected chi connectivity index (χ2v) is 5.33. The monoisotopic (exact) mass is 287 g/mol. The van der Waals surface area contributed by atoms with E-state index < -0.39 is 0 Å². The minimum absolute atomic E-state index is 0.00145. The fourth-order valence-corrected chi connectivity index (χ4v) is 2.63. The zero-order chi connectivity index (χ0) is 13.9. The molecule has 3 aromatic rings. The van der Waals surface area contributed by atoms with Gasteiger partial charge in [0.05, 0.1) is 0 Å². The van der Waals surface area contributed by atoms with Gasteiger partial charge in [0, 0.05) is 36.3 Å². The molecular weight excluding hydrogens is 274 g/mol. The molecule has 0 amide bonds. The minimum Gasteiger partial charge on any atom is -0.431 e. The van der Waals surface area contributed by atoms with Gasteiger partial charge in [-0.3, -0.25) is 4.79 Å². The average Bonchev–Trinajstić information content (AvgIpc) is 2.83. The predicted molar refractivity (Wildman–Crippen MR) is 79.8 cm³/mol. The number of fused-ring (bicyclic) bond motifs is 1. The highest BCUT2D eigenvalue weighted by Crippen LogP contribution is 2.24. The van der Waals surface area contributed by atoms with Crippen LogP contribution in [0.25, 0.3) is 11.1 Å². The molecule has 0 fully saturated rings. The number of nitrogen functional groups attached to an aromatic ring is 1. The largest absolute Gasteiger partial charge is 0.431 e. The average molecular weight is 287 g/mol. The third-order valence-electron chi connectivity index (χ3n) is 2.85. The van der Waals surface area contributed by atoms with Crippen molar-refractivity contribution in [2.45, 2.75) is 11.8 Å². The number of anilines is 1. The summed E-state index contributed by atoms with van der Waals surface area (Å²) in [6, 6.07) is 10.5. The lowest BCUT2D eigenvalue weighted by molar-refractivity contribution is 0.489. The maximum absolute atomic E-state index is 11.5. The topological polar surface area (TPSA) is 74.0 Å². The molecule has 20 heavy (non-hydrogen) atoms. The molecule has 0 saturated heterocycles. The summed E-state index contributed by atoms with van der Waals surface area (Å²) in [5, 5.41) is 0.592. The maximum Gasteiger partial charge on any atom is 0.256 e. The van der Waals surface area contributed by atoms with E-state index in [4.69, 9.17) is 10.2 Å². The number of oxazole rings is 1. The summed E-state index contributed by atoms with van der Waals surface area (Å²) in [7, 11) is 0. The highest BCUT2D eigenvalue weighted by Gasteiger charge is 2.06. The number of nitrogens with two attached hydrogens (primary N) is 1. The molecule has 1 aromatic carbocycles. The summed E-state index contributed by atoms with van der Waals surface area (Å²) >= 11 is 1.48. The van der Waals surface area contributed by atoms with Gasteiger partial charge in [-0.25, -0.2) is 4.98 Å². The summed E-state index contributed by atoms with van der Waals surface area (Å²) in [6.07, 6.45) is 1.77. The summed E-state index contributed by atoms with van der Waals surface area (Å²) in [4.78, 5) is 15.9. The second-order valence-electron chi connectivity index (χ2n) is 4.29. The van der Waals surface area contributed by atoms with Gasteiger partial charge in [0.15, 0.2) is 5.58 Å². The molecule has 0 aliphatic heterocycles. The quantitative estimate of drug-likeness (QED) is 0.589. The maximum atomic E-state index is 11.5. The molecule has 0 bridgehead atoms. The summed E-state index contributed by atoms with van der Waals surface area (Å²) in [6.45, 7) is 0.616. The Balaban J connectivity index is 1.68. The Hall–Kier alpha value is -2.21. The Morgan fingerprint density at radius 3 is 3.05 bits per heavy atom. The number of thioether (sulfide) groups is 1. The number of hydrogen-bond donors (Lipinski definition) is 1. The van der Waals surface area contributed by atoms with Crippen molar-refractivity contribution >= 4 is 28.5 Å². The fourth-order valence-electron chi connectivity index (χ4n) is 1.86. The molecule has 2 N–H and O–H groups in total. The molecular formula is C14H13N3O2S. The Kier molecular flexibility index (Phi) is 3.47. The van der Waals surface area contributed by atoms with Crippen molar-refractivity contribution in [2.24, 2.45) is 0 Å². The first kappa shape index (κ1) is 12.8. The van der Waals surface area contributed by atoms with Gasteiger partial charge in [0.1, 0.15) is 5.52 Å². The van der Waals surface area contributed by atoms with E-state index >= 15 is 0 Å². The van der Waals surface area contributed by atoms with Crippen LogP contribution in [0.5, 0.6) is 0 Å². The molecule has 0 aliphatic carbocycles. The van der Waals surface area contributed by atoms with Crippen molar-refractivity contribution in [3.63, 3.8) is 0 Å². The molecule has 2 aromatic heterocycles. The zero-order valence-corrected chi connectivity index (χ0v) is 11.5. The third kappa shape index (κ3) is 2.70. The molecule has 102 valence electrons. The van der Waals surface area contributed by atoms with Gasteiger partial charge >= 0.3 is 0 Å². The van der Waals surface area contributed by atoms with Crippen molar-refractivity contribution in [1.82, 2.24) is 9.55 Å². The normalized spacial score (nSPS) is 11.0. The fraction of sp³-hybridized carbons (Fsp3) is 0.143. The predicted octanol–water partition coefficient (Wildman–Crippen LogP) is 2.36. The molecule has 5 nitrogen and oxygen atoms in total. The molecule has 0 radical (unpaired) electrons. The number of aromatic nitrogens is 2. The van der Waals surface area contributed by atoms with Crippen LogP contribution in [-0.2, 0) is 6.54 Å². The van der Waals surface area contributed by atoms with Gasteiger partial charge in [-0.05, 0) is 18.2 Å². The third-order valence-corrected chi connectivity index (χ3v) is 3.66. The van der Waals surface area contributed by atoms with Gasteiger partial charge < -0.3 is 14.7 Å². The van der Waals surface area contributed by atoms with E-state index in [9.17, 15) is 4.79 Å². The van der Waals surface area contributed by atoms with Crippen LogP contribution in [0.15, 0.2) is 57.0 Å². The van der Waals surface area contributed by atoms with Crippen LogP contribution in [0.1, 0.15) is 0 Å². The lowest BCUT2D eigenvalue weighted by atomic mass is 10.3. The molecule has 0 spiro atoms. The number of hydrogen-bond acceptors (Lipinski definition) is 5. The lowest BCUT2D eigenvalue weighted by Crippen LogP contribution is -2.18. The Morgan fingerprint density at radius 2 is 2.20 bits per heavy atom. The van der Waals surface area contributed by atoms with Crippen LogP contribution in [0, 0.1) is 0 Å². The van der Waals surface area contributed by atoms with Crippen molar-refractivity contribution < 1.29 is 4.42 Å². The second kappa shape index (κ2) is 5.42. The van der Waals surface area contributed by atoms with Gasteiger partial charge in [0.25, 0.3) is 10.8 Å². The van der Waals surface area contributed by atoms with E-state index in [1.165, 1.54) is 11.8 Å². The van der Waals surface area contributed by atoms with E-state index in [-0.39, 0.29) is 5.56 Å². The van der Waals surface area contributed by atoms with E-state index in [0.29, 0.717) is 28.8 Å². The highest BCUT2D eigenvalue weighted by atomic mass is 32.2. The summed E-state index contributed by atoms with van der Waals surface area (Å²) in [5.74, 6) is 0.715. The number of rotatable bonds is 4. The van der Waals surface area contributed by atoms with Crippen molar-refractivity contribution in [3.05, 3.63) is 52.9 Å². The molecule has 3 rings (SSSR count). The minimum atomic E-state index is -0.00145. The van der Waals surface area contributed by atoms with Crippen LogP contribution in [0.2, 0.25) is 0 Å². The number of pyridine rings is 1. The molecule has 0 saturated carbocycles. The van der Waals surface area contributed by atoms with Crippen LogP contribution in [0.4, 0.5) is 5.69 Å². The Bertz CT molecular complexity index is 794. The summed E-state index contributed by atoms with van der Waals surface area (Å²) < 4.78 is 7.26. The van der Waals surface area contributed by atoms with Gasteiger partial charge in [-0.1, -0.05) is 17.8 Å². The first-order valence-electron chi connectivity index (χ1n) is 6.17. The molecule has 6 heteroatoms. The van der Waals surface area contributed by atoms with Crippen molar-refractivity contribution in [3.8, 4) is 0 Å². The number of benzene rings is 1. The molecule has 0 unspecified atom stereocenters. The zero-order valence-electron chi connectivity index (χ0n) is 10.7. The molecule has 0 aliphatic rings. The first-order chi connectivity index (χ1) is 9.72. The lowest BCUT2D eigenvalue weighted by Gasteiger charge is -2.02. The van der Waals surface area contributed by atoms with E-state index in [2.05, 4.69) is 4.98 Å².